The molecule has 2 heterocycles. The fraction of sp³-hybridized carbons (Fsp3) is 0.368. The standard InChI is InChI=1S/C19H23N3O2.ClH/c1-14-4-3-11-22(13-14)19(23)15-5-10-18(20-12-15)21-16-6-8-17(24-2)9-7-16;/h5-10,12,14H,3-4,11,13H2,1-2H3,(H,20,21);1H. The second-order valence-corrected chi connectivity index (χ2v) is 6.28. The lowest BCUT2D eigenvalue weighted by Crippen LogP contribution is -2.39. The molecule has 134 valence electrons. The summed E-state index contributed by atoms with van der Waals surface area (Å²) in [6.45, 7) is 3.87. The molecule has 2 aromatic rings. The molecule has 0 aliphatic carbocycles. The number of benzene rings is 1. The van der Waals surface area contributed by atoms with Crippen LogP contribution in [0.25, 0.3) is 0 Å². The lowest BCUT2D eigenvalue weighted by Gasteiger charge is -2.30. The van der Waals surface area contributed by atoms with Gasteiger partial charge in [0.15, 0.2) is 0 Å². The van der Waals surface area contributed by atoms with Crippen LogP contribution in [-0.4, -0.2) is 36.0 Å². The molecule has 1 aromatic heterocycles. The van der Waals surface area contributed by atoms with Crippen molar-refractivity contribution in [2.24, 2.45) is 5.92 Å². The molecule has 1 unspecified atom stereocenters. The molecule has 0 bridgehead atoms. The van der Waals surface area contributed by atoms with Crippen LogP contribution in [0.2, 0.25) is 0 Å². The van der Waals surface area contributed by atoms with Gasteiger partial charge in [-0.3, -0.25) is 4.79 Å². The highest BCUT2D eigenvalue weighted by molar-refractivity contribution is 5.94. The number of rotatable bonds is 4. The van der Waals surface area contributed by atoms with Crippen molar-refractivity contribution in [3.63, 3.8) is 0 Å². The van der Waals surface area contributed by atoms with E-state index in [1.54, 1.807) is 13.3 Å². The van der Waals surface area contributed by atoms with Crippen LogP contribution in [-0.2, 0) is 0 Å². The molecule has 1 aliphatic rings. The number of anilines is 2. The molecule has 1 amide bonds. The Hall–Kier alpha value is -2.27. The van der Waals surface area contributed by atoms with E-state index in [1.807, 2.05) is 41.3 Å². The van der Waals surface area contributed by atoms with Crippen molar-refractivity contribution >= 4 is 29.8 Å². The summed E-state index contributed by atoms with van der Waals surface area (Å²) in [5.41, 5.74) is 1.57. The van der Waals surface area contributed by atoms with E-state index < -0.39 is 0 Å². The van der Waals surface area contributed by atoms with Crippen molar-refractivity contribution in [3.05, 3.63) is 48.2 Å². The quantitative estimate of drug-likeness (QED) is 0.889. The summed E-state index contributed by atoms with van der Waals surface area (Å²) in [6.07, 6.45) is 3.93. The van der Waals surface area contributed by atoms with Crippen LogP contribution in [0.3, 0.4) is 0 Å². The number of hydrogen-bond donors (Lipinski definition) is 1. The number of carbonyl (C=O) groups excluding carboxylic acids is 1. The molecule has 1 aliphatic heterocycles. The fourth-order valence-corrected chi connectivity index (χ4v) is 2.97. The van der Waals surface area contributed by atoms with Crippen molar-refractivity contribution in [1.29, 1.82) is 0 Å². The van der Waals surface area contributed by atoms with Gasteiger partial charge >= 0.3 is 0 Å². The molecule has 1 fully saturated rings. The number of hydrogen-bond acceptors (Lipinski definition) is 4. The average Bonchev–Trinajstić information content (AvgIpc) is 2.62. The Morgan fingerprint density at radius 1 is 1.24 bits per heavy atom. The van der Waals surface area contributed by atoms with E-state index in [2.05, 4.69) is 17.2 Å². The highest BCUT2D eigenvalue weighted by Gasteiger charge is 2.22. The van der Waals surface area contributed by atoms with Gasteiger partial charge in [0.05, 0.1) is 12.7 Å². The molecule has 5 nitrogen and oxygen atoms in total. The number of aromatic nitrogens is 1. The Labute approximate surface area is 154 Å². The largest absolute Gasteiger partial charge is 0.497 e. The molecule has 0 radical (unpaired) electrons. The highest BCUT2D eigenvalue weighted by Crippen LogP contribution is 2.20. The van der Waals surface area contributed by atoms with Gasteiger partial charge in [-0.25, -0.2) is 4.98 Å². The molecule has 1 N–H and O–H groups in total. The Morgan fingerprint density at radius 2 is 2.00 bits per heavy atom. The molecule has 0 saturated carbocycles. The molecule has 25 heavy (non-hydrogen) atoms. The third kappa shape index (κ3) is 4.86. The SMILES string of the molecule is COc1ccc(Nc2ccc(C(=O)N3CCCC(C)C3)cn2)cc1.Cl. The van der Waals surface area contributed by atoms with E-state index in [1.165, 1.54) is 6.42 Å². The van der Waals surface area contributed by atoms with Crippen LogP contribution in [0, 0.1) is 5.92 Å². The van der Waals surface area contributed by atoms with E-state index in [9.17, 15) is 4.79 Å². The Bertz CT molecular complexity index is 689. The number of methoxy groups -OCH3 is 1. The number of pyridine rings is 1. The van der Waals surface area contributed by atoms with Crippen molar-refractivity contribution in [2.45, 2.75) is 19.8 Å². The summed E-state index contributed by atoms with van der Waals surface area (Å²) in [6, 6.07) is 11.3. The lowest BCUT2D eigenvalue weighted by atomic mass is 10.00. The number of halogens is 1. The first kappa shape index (κ1) is 19.1. The second-order valence-electron chi connectivity index (χ2n) is 6.28. The number of piperidine rings is 1. The third-order valence-corrected chi connectivity index (χ3v) is 4.32. The summed E-state index contributed by atoms with van der Waals surface area (Å²) in [7, 11) is 1.64. The van der Waals surface area contributed by atoms with Crippen molar-refractivity contribution in [3.8, 4) is 5.75 Å². The van der Waals surface area contributed by atoms with Crippen LogP contribution in [0.5, 0.6) is 5.75 Å². The van der Waals surface area contributed by atoms with E-state index in [4.69, 9.17) is 4.74 Å². The van der Waals surface area contributed by atoms with Crippen LogP contribution >= 0.6 is 12.4 Å². The lowest BCUT2D eigenvalue weighted by molar-refractivity contribution is 0.0682. The fourth-order valence-electron chi connectivity index (χ4n) is 2.97. The number of carbonyl (C=O) groups is 1. The third-order valence-electron chi connectivity index (χ3n) is 4.32. The van der Waals surface area contributed by atoms with Crippen LogP contribution < -0.4 is 10.1 Å². The minimum absolute atomic E-state index is 0. The van der Waals surface area contributed by atoms with Crippen LogP contribution in [0.15, 0.2) is 42.6 Å². The van der Waals surface area contributed by atoms with E-state index in [-0.39, 0.29) is 18.3 Å². The summed E-state index contributed by atoms with van der Waals surface area (Å²) in [5.74, 6) is 2.17. The second kappa shape index (κ2) is 8.72. The van der Waals surface area contributed by atoms with E-state index in [0.717, 1.165) is 30.9 Å². The minimum Gasteiger partial charge on any atom is -0.497 e. The number of nitrogens with one attached hydrogen (secondary N) is 1. The van der Waals surface area contributed by atoms with Gasteiger partial charge in [0, 0.05) is 25.0 Å². The minimum atomic E-state index is 0. The zero-order valence-electron chi connectivity index (χ0n) is 14.6. The average molecular weight is 362 g/mol. The molecule has 1 saturated heterocycles. The van der Waals surface area contributed by atoms with Gasteiger partial charge in [-0.1, -0.05) is 6.92 Å². The molecular formula is C19H24ClN3O2. The Balaban J connectivity index is 0.00000225. The van der Waals surface area contributed by atoms with Gasteiger partial charge in [0.25, 0.3) is 5.91 Å². The summed E-state index contributed by atoms with van der Waals surface area (Å²) in [5, 5.41) is 3.22. The number of amides is 1. The number of likely N-dealkylation sites (tertiary alicyclic amines) is 1. The Morgan fingerprint density at radius 3 is 2.60 bits per heavy atom. The number of nitrogens with zero attached hydrogens (tertiary/aromatic N) is 2. The first-order chi connectivity index (χ1) is 11.7. The molecular weight excluding hydrogens is 338 g/mol. The van der Waals surface area contributed by atoms with Gasteiger partial charge in [-0.2, -0.15) is 0 Å². The van der Waals surface area contributed by atoms with E-state index >= 15 is 0 Å². The zero-order valence-corrected chi connectivity index (χ0v) is 15.4. The van der Waals surface area contributed by atoms with Crippen molar-refractivity contribution in [2.75, 3.05) is 25.5 Å². The van der Waals surface area contributed by atoms with Gasteiger partial charge in [0.1, 0.15) is 11.6 Å². The predicted octanol–water partition coefficient (Wildman–Crippen LogP) is 4.13. The Kier molecular flexibility index (Phi) is 6.65. The topological polar surface area (TPSA) is 54.5 Å². The molecule has 3 rings (SSSR count). The van der Waals surface area contributed by atoms with Crippen LogP contribution in [0.4, 0.5) is 11.5 Å². The predicted molar refractivity (Wildman–Crippen MR) is 102 cm³/mol. The molecule has 1 atom stereocenters. The number of ether oxygens (including phenoxy) is 1. The smallest absolute Gasteiger partial charge is 0.255 e. The van der Waals surface area contributed by atoms with Crippen molar-refractivity contribution in [1.82, 2.24) is 9.88 Å². The van der Waals surface area contributed by atoms with Gasteiger partial charge in [-0.15, -0.1) is 12.4 Å². The molecule has 1 aromatic carbocycles. The highest BCUT2D eigenvalue weighted by atomic mass is 35.5. The normalized spacial score (nSPS) is 16.7. The summed E-state index contributed by atoms with van der Waals surface area (Å²) >= 11 is 0. The maximum atomic E-state index is 12.5. The van der Waals surface area contributed by atoms with Gasteiger partial charge < -0.3 is 15.0 Å². The molecule has 6 heteroatoms. The van der Waals surface area contributed by atoms with Gasteiger partial charge in [0.2, 0.25) is 0 Å². The molecule has 0 spiro atoms. The summed E-state index contributed by atoms with van der Waals surface area (Å²) in [4.78, 5) is 18.8. The zero-order chi connectivity index (χ0) is 16.9. The first-order valence-electron chi connectivity index (χ1n) is 8.32. The monoisotopic (exact) mass is 361 g/mol. The summed E-state index contributed by atoms with van der Waals surface area (Å²) < 4.78 is 5.14. The van der Waals surface area contributed by atoms with E-state index in [0.29, 0.717) is 17.3 Å². The van der Waals surface area contributed by atoms with Gasteiger partial charge in [-0.05, 0) is 55.2 Å². The van der Waals surface area contributed by atoms with Crippen molar-refractivity contribution < 1.29 is 9.53 Å². The maximum Gasteiger partial charge on any atom is 0.255 e. The first-order valence-corrected chi connectivity index (χ1v) is 8.32. The van der Waals surface area contributed by atoms with Crippen LogP contribution in [0.1, 0.15) is 30.1 Å². The maximum absolute atomic E-state index is 12.5.